The lowest BCUT2D eigenvalue weighted by atomic mass is 9.85. The average molecular weight is 227 g/mol. The summed E-state index contributed by atoms with van der Waals surface area (Å²) in [6.45, 7) is 6.14. The standard InChI is InChI=1S/C10H17N3O3/c1-5-13-9(11-6-12-13)10(2,3)7(16-4)8(14)15/h6-7H,5H2,1-4H3,(H,14,15). The zero-order valence-electron chi connectivity index (χ0n) is 9.97. The van der Waals surface area contributed by atoms with Crippen LogP contribution >= 0.6 is 0 Å². The van der Waals surface area contributed by atoms with E-state index in [4.69, 9.17) is 9.84 Å². The minimum Gasteiger partial charge on any atom is -0.479 e. The van der Waals surface area contributed by atoms with Gasteiger partial charge in [-0.15, -0.1) is 0 Å². The molecule has 0 bridgehead atoms. The number of aryl methyl sites for hydroxylation is 1. The molecule has 1 N–H and O–H groups in total. The van der Waals surface area contributed by atoms with E-state index in [1.165, 1.54) is 13.4 Å². The molecule has 0 fully saturated rings. The van der Waals surface area contributed by atoms with E-state index in [2.05, 4.69) is 10.1 Å². The number of methoxy groups -OCH3 is 1. The van der Waals surface area contributed by atoms with Gasteiger partial charge >= 0.3 is 5.97 Å². The average Bonchev–Trinajstić information content (AvgIpc) is 2.65. The molecule has 0 aromatic carbocycles. The summed E-state index contributed by atoms with van der Waals surface area (Å²) in [6.07, 6.45) is 0.483. The summed E-state index contributed by atoms with van der Waals surface area (Å²) in [7, 11) is 1.38. The van der Waals surface area contributed by atoms with Crippen molar-refractivity contribution in [3.8, 4) is 0 Å². The van der Waals surface area contributed by atoms with Gasteiger partial charge in [-0.3, -0.25) is 0 Å². The molecule has 0 amide bonds. The molecule has 1 unspecified atom stereocenters. The number of carboxylic acid groups (broad SMARTS) is 1. The topological polar surface area (TPSA) is 77.2 Å². The summed E-state index contributed by atoms with van der Waals surface area (Å²) in [5, 5.41) is 13.1. The fourth-order valence-electron chi connectivity index (χ4n) is 1.82. The molecule has 1 rings (SSSR count). The van der Waals surface area contributed by atoms with Crippen LogP contribution in [-0.4, -0.2) is 39.1 Å². The van der Waals surface area contributed by atoms with Crippen LogP contribution in [0.25, 0.3) is 0 Å². The molecule has 90 valence electrons. The monoisotopic (exact) mass is 227 g/mol. The number of carboxylic acids is 1. The zero-order chi connectivity index (χ0) is 12.3. The molecule has 0 saturated carbocycles. The summed E-state index contributed by atoms with van der Waals surface area (Å²) < 4.78 is 6.69. The number of carbonyl (C=O) groups is 1. The van der Waals surface area contributed by atoms with E-state index in [-0.39, 0.29) is 0 Å². The molecule has 0 radical (unpaired) electrons. The molecule has 0 aliphatic rings. The Balaban J connectivity index is 3.13. The number of hydrogen-bond donors (Lipinski definition) is 1. The summed E-state index contributed by atoms with van der Waals surface area (Å²) in [6, 6.07) is 0. The summed E-state index contributed by atoms with van der Waals surface area (Å²) >= 11 is 0. The van der Waals surface area contributed by atoms with Crippen molar-refractivity contribution in [2.24, 2.45) is 0 Å². The molecule has 6 heteroatoms. The minimum atomic E-state index is -1.00. The fraction of sp³-hybridized carbons (Fsp3) is 0.700. The van der Waals surface area contributed by atoms with Crippen LogP contribution in [0.15, 0.2) is 6.33 Å². The third-order valence-electron chi connectivity index (χ3n) is 2.61. The van der Waals surface area contributed by atoms with Gasteiger partial charge in [0.05, 0.1) is 5.41 Å². The predicted octanol–water partition coefficient (Wildman–Crippen LogP) is 0.675. The molecular formula is C10H17N3O3. The van der Waals surface area contributed by atoms with Crippen LogP contribution in [0, 0.1) is 0 Å². The van der Waals surface area contributed by atoms with E-state index < -0.39 is 17.5 Å². The van der Waals surface area contributed by atoms with Gasteiger partial charge < -0.3 is 9.84 Å². The van der Waals surface area contributed by atoms with Crippen molar-refractivity contribution >= 4 is 5.97 Å². The first kappa shape index (κ1) is 12.6. The lowest BCUT2D eigenvalue weighted by Gasteiger charge is -2.29. The van der Waals surface area contributed by atoms with E-state index in [1.807, 2.05) is 6.92 Å². The number of aromatic nitrogens is 3. The molecular weight excluding hydrogens is 210 g/mol. The molecule has 0 spiro atoms. The Morgan fingerprint density at radius 1 is 1.69 bits per heavy atom. The first-order valence-corrected chi connectivity index (χ1v) is 5.09. The van der Waals surface area contributed by atoms with Crippen LogP contribution in [0.3, 0.4) is 0 Å². The first-order valence-electron chi connectivity index (χ1n) is 5.09. The highest BCUT2D eigenvalue weighted by molar-refractivity contribution is 5.74. The lowest BCUT2D eigenvalue weighted by molar-refractivity contribution is -0.152. The largest absolute Gasteiger partial charge is 0.479 e. The van der Waals surface area contributed by atoms with Crippen LogP contribution in [0.5, 0.6) is 0 Å². The van der Waals surface area contributed by atoms with E-state index in [0.717, 1.165) is 0 Å². The number of aliphatic carboxylic acids is 1. The molecule has 0 saturated heterocycles. The Bertz CT molecular complexity index is 373. The van der Waals surface area contributed by atoms with Gasteiger partial charge in [0, 0.05) is 13.7 Å². The highest BCUT2D eigenvalue weighted by atomic mass is 16.5. The van der Waals surface area contributed by atoms with Gasteiger partial charge in [-0.2, -0.15) is 5.10 Å². The summed E-state index contributed by atoms with van der Waals surface area (Å²) in [5.74, 6) is -0.387. The third-order valence-corrected chi connectivity index (χ3v) is 2.61. The van der Waals surface area contributed by atoms with Crippen molar-refractivity contribution in [2.75, 3.05) is 7.11 Å². The molecule has 0 aliphatic heterocycles. The molecule has 1 heterocycles. The maximum Gasteiger partial charge on any atom is 0.333 e. The Morgan fingerprint density at radius 3 is 2.75 bits per heavy atom. The van der Waals surface area contributed by atoms with Crippen LogP contribution in [-0.2, 0) is 21.5 Å². The SMILES string of the molecule is CCn1ncnc1C(C)(C)C(OC)C(=O)O. The fourth-order valence-corrected chi connectivity index (χ4v) is 1.82. The molecule has 1 aromatic heterocycles. The minimum absolute atomic E-state index is 0.615. The second-order valence-electron chi connectivity index (χ2n) is 4.08. The van der Waals surface area contributed by atoms with Crippen LogP contribution in [0.1, 0.15) is 26.6 Å². The van der Waals surface area contributed by atoms with Crippen molar-refractivity contribution in [1.29, 1.82) is 0 Å². The molecule has 0 aliphatic carbocycles. The molecule has 1 aromatic rings. The molecule has 1 atom stereocenters. The predicted molar refractivity (Wildman–Crippen MR) is 57.2 cm³/mol. The van der Waals surface area contributed by atoms with Gasteiger partial charge in [0.15, 0.2) is 6.10 Å². The number of nitrogens with zero attached hydrogens (tertiary/aromatic N) is 3. The van der Waals surface area contributed by atoms with E-state index in [0.29, 0.717) is 12.4 Å². The maximum atomic E-state index is 11.1. The first-order chi connectivity index (χ1) is 7.45. The van der Waals surface area contributed by atoms with Crippen LogP contribution in [0.4, 0.5) is 0 Å². The van der Waals surface area contributed by atoms with Crippen molar-refractivity contribution in [2.45, 2.75) is 38.8 Å². The van der Waals surface area contributed by atoms with Crippen LogP contribution < -0.4 is 0 Å². The highest BCUT2D eigenvalue weighted by Gasteiger charge is 2.40. The quantitative estimate of drug-likeness (QED) is 0.800. The third kappa shape index (κ3) is 2.06. The highest BCUT2D eigenvalue weighted by Crippen LogP contribution is 2.27. The second-order valence-corrected chi connectivity index (χ2v) is 4.08. The summed E-state index contributed by atoms with van der Waals surface area (Å²) in [5.41, 5.74) is -0.729. The normalized spacial score (nSPS) is 13.8. The van der Waals surface area contributed by atoms with E-state index in [1.54, 1.807) is 18.5 Å². The smallest absolute Gasteiger partial charge is 0.333 e. The van der Waals surface area contributed by atoms with E-state index >= 15 is 0 Å². The molecule has 16 heavy (non-hydrogen) atoms. The van der Waals surface area contributed by atoms with Gasteiger partial charge in [0.2, 0.25) is 0 Å². The zero-order valence-corrected chi connectivity index (χ0v) is 9.97. The Hall–Kier alpha value is -1.43. The van der Waals surface area contributed by atoms with E-state index in [9.17, 15) is 4.79 Å². The molecule has 6 nitrogen and oxygen atoms in total. The van der Waals surface area contributed by atoms with Gasteiger partial charge in [0.25, 0.3) is 0 Å². The summed E-state index contributed by atoms with van der Waals surface area (Å²) in [4.78, 5) is 15.2. The van der Waals surface area contributed by atoms with Crippen molar-refractivity contribution in [1.82, 2.24) is 14.8 Å². The Morgan fingerprint density at radius 2 is 2.31 bits per heavy atom. The Kier molecular flexibility index (Phi) is 3.64. The van der Waals surface area contributed by atoms with Crippen molar-refractivity contribution in [3.05, 3.63) is 12.2 Å². The second kappa shape index (κ2) is 4.61. The van der Waals surface area contributed by atoms with Crippen molar-refractivity contribution < 1.29 is 14.6 Å². The van der Waals surface area contributed by atoms with Gasteiger partial charge in [-0.05, 0) is 20.8 Å². The number of hydrogen-bond acceptors (Lipinski definition) is 4. The van der Waals surface area contributed by atoms with Crippen LogP contribution in [0.2, 0.25) is 0 Å². The number of ether oxygens (including phenoxy) is 1. The maximum absolute atomic E-state index is 11.1. The van der Waals surface area contributed by atoms with Gasteiger partial charge in [-0.1, -0.05) is 0 Å². The Labute approximate surface area is 94.2 Å². The van der Waals surface area contributed by atoms with Crippen molar-refractivity contribution in [3.63, 3.8) is 0 Å². The lowest BCUT2D eigenvalue weighted by Crippen LogP contribution is -2.43. The number of rotatable bonds is 5. The van der Waals surface area contributed by atoms with Gasteiger partial charge in [-0.25, -0.2) is 14.5 Å². The van der Waals surface area contributed by atoms with Gasteiger partial charge in [0.1, 0.15) is 12.2 Å².